The van der Waals surface area contributed by atoms with Crippen molar-refractivity contribution in [3.63, 3.8) is 0 Å². The molecule has 2 aromatic rings. The Labute approximate surface area is 190 Å². The molecule has 0 N–H and O–H groups in total. The zero-order valence-electron chi connectivity index (χ0n) is 18.6. The third-order valence-electron chi connectivity index (χ3n) is 6.10. The first-order valence-electron chi connectivity index (χ1n) is 10.5. The monoisotopic (exact) mass is 452 g/mol. The van der Waals surface area contributed by atoms with Crippen molar-refractivity contribution in [2.45, 2.75) is 31.6 Å². The number of nitro groups is 1. The number of amides is 1. The lowest BCUT2D eigenvalue weighted by Crippen LogP contribution is -2.41. The van der Waals surface area contributed by atoms with Gasteiger partial charge < -0.3 is 14.2 Å². The number of nitrogens with zero attached hydrogens (tertiary/aromatic N) is 2. The van der Waals surface area contributed by atoms with Crippen molar-refractivity contribution in [2.24, 2.45) is 0 Å². The van der Waals surface area contributed by atoms with Crippen molar-refractivity contribution in [1.82, 2.24) is 0 Å². The van der Waals surface area contributed by atoms with E-state index in [4.69, 9.17) is 14.2 Å². The zero-order chi connectivity index (χ0) is 23.7. The number of benzene rings is 2. The van der Waals surface area contributed by atoms with Crippen molar-refractivity contribution in [3.05, 3.63) is 63.3 Å². The molecule has 1 heterocycles. The van der Waals surface area contributed by atoms with Gasteiger partial charge in [-0.3, -0.25) is 24.6 Å². The molecule has 0 spiro atoms. The number of rotatable bonds is 6. The Kier molecular flexibility index (Phi) is 6.04. The van der Waals surface area contributed by atoms with E-state index < -0.39 is 10.8 Å². The minimum Gasteiger partial charge on any atom is -0.496 e. The Hall–Kier alpha value is -3.88. The van der Waals surface area contributed by atoms with Gasteiger partial charge in [0.25, 0.3) is 5.69 Å². The maximum atomic E-state index is 13.5. The highest BCUT2D eigenvalue weighted by Crippen LogP contribution is 2.48. The summed E-state index contributed by atoms with van der Waals surface area (Å²) in [5.41, 5.74) is 1.55. The van der Waals surface area contributed by atoms with Crippen LogP contribution < -0.4 is 19.1 Å². The molecule has 4 rings (SSSR count). The number of anilines is 1. The molecule has 1 amide bonds. The maximum Gasteiger partial charge on any atom is 0.297 e. The minimum atomic E-state index is -0.548. The van der Waals surface area contributed by atoms with E-state index >= 15 is 0 Å². The summed E-state index contributed by atoms with van der Waals surface area (Å²) in [4.78, 5) is 39.2. The van der Waals surface area contributed by atoms with Crippen LogP contribution in [0, 0.1) is 10.1 Å². The summed E-state index contributed by atoms with van der Waals surface area (Å²) in [6.45, 7) is 0. The van der Waals surface area contributed by atoms with Crippen LogP contribution in [0.5, 0.6) is 17.2 Å². The minimum absolute atomic E-state index is 0.0305. The Morgan fingerprint density at radius 3 is 2.48 bits per heavy atom. The van der Waals surface area contributed by atoms with Crippen LogP contribution in [-0.4, -0.2) is 37.9 Å². The molecule has 0 radical (unpaired) electrons. The molecule has 1 aliphatic heterocycles. The van der Waals surface area contributed by atoms with Gasteiger partial charge >= 0.3 is 0 Å². The zero-order valence-corrected chi connectivity index (χ0v) is 18.6. The van der Waals surface area contributed by atoms with Crippen LogP contribution in [0.2, 0.25) is 0 Å². The van der Waals surface area contributed by atoms with Crippen LogP contribution in [0.15, 0.2) is 47.7 Å². The highest BCUT2D eigenvalue weighted by atomic mass is 16.6. The standard InChI is InChI=1S/C24H24N2O7/c1-31-14-10-11-17(19(12-14)26(29)30)25-18-7-5-8-20(27)23(18)16(13-22(25)28)15-6-4-9-21(32-2)24(15)33-3/h4,6,9-12,16H,5,7-8,13H2,1-3H3. The lowest BCUT2D eigenvalue weighted by molar-refractivity contribution is -0.384. The van der Waals surface area contributed by atoms with Crippen molar-refractivity contribution in [2.75, 3.05) is 26.2 Å². The Morgan fingerprint density at radius 2 is 1.82 bits per heavy atom. The Balaban J connectivity index is 1.92. The van der Waals surface area contributed by atoms with Crippen LogP contribution >= 0.6 is 0 Å². The molecule has 0 saturated heterocycles. The highest BCUT2D eigenvalue weighted by Gasteiger charge is 2.42. The summed E-state index contributed by atoms with van der Waals surface area (Å²) in [6.07, 6.45) is 1.35. The van der Waals surface area contributed by atoms with E-state index in [9.17, 15) is 19.7 Å². The average molecular weight is 452 g/mol. The van der Waals surface area contributed by atoms with Crippen LogP contribution in [0.1, 0.15) is 37.2 Å². The number of nitro benzene ring substituents is 1. The highest BCUT2D eigenvalue weighted by molar-refractivity contribution is 6.08. The van der Waals surface area contributed by atoms with Crippen molar-refractivity contribution in [1.29, 1.82) is 0 Å². The van der Waals surface area contributed by atoms with E-state index in [-0.39, 0.29) is 29.5 Å². The van der Waals surface area contributed by atoms with Crippen LogP contribution in [-0.2, 0) is 9.59 Å². The van der Waals surface area contributed by atoms with Crippen molar-refractivity contribution < 1.29 is 28.7 Å². The van der Waals surface area contributed by atoms with Gasteiger partial charge in [-0.05, 0) is 31.0 Å². The summed E-state index contributed by atoms with van der Waals surface area (Å²) >= 11 is 0. The van der Waals surface area contributed by atoms with E-state index in [0.717, 1.165) is 0 Å². The largest absolute Gasteiger partial charge is 0.496 e. The normalized spacial score (nSPS) is 18.2. The molecule has 0 saturated carbocycles. The van der Waals surface area contributed by atoms with Crippen LogP contribution in [0.3, 0.4) is 0 Å². The molecule has 1 aliphatic carbocycles. The predicted octanol–water partition coefficient (Wildman–Crippen LogP) is 4.15. The van der Waals surface area contributed by atoms with Crippen LogP contribution in [0.25, 0.3) is 0 Å². The lowest BCUT2D eigenvalue weighted by atomic mass is 9.76. The fourth-order valence-electron chi connectivity index (χ4n) is 4.69. The van der Waals surface area contributed by atoms with Crippen LogP contribution in [0.4, 0.5) is 11.4 Å². The second-order valence-corrected chi connectivity index (χ2v) is 7.82. The second-order valence-electron chi connectivity index (χ2n) is 7.82. The number of hydrogen-bond donors (Lipinski definition) is 0. The number of carbonyl (C=O) groups is 2. The third kappa shape index (κ3) is 3.79. The summed E-state index contributed by atoms with van der Waals surface area (Å²) in [6, 6.07) is 9.69. The Morgan fingerprint density at radius 1 is 1.03 bits per heavy atom. The van der Waals surface area contributed by atoms with Gasteiger partial charge in [-0.2, -0.15) is 0 Å². The number of para-hydroxylation sites is 1. The maximum absolute atomic E-state index is 13.5. The first kappa shape index (κ1) is 22.3. The average Bonchev–Trinajstić information content (AvgIpc) is 2.82. The topological polar surface area (TPSA) is 108 Å². The van der Waals surface area contributed by atoms with E-state index in [2.05, 4.69) is 0 Å². The quantitative estimate of drug-likeness (QED) is 0.478. The van der Waals surface area contributed by atoms with Gasteiger partial charge in [0.15, 0.2) is 17.3 Å². The molecule has 0 bridgehead atoms. The molecular formula is C24H24N2O7. The molecule has 172 valence electrons. The van der Waals surface area contributed by atoms with Gasteiger partial charge in [0.05, 0.1) is 32.3 Å². The number of allylic oxidation sites excluding steroid dienone is 2. The van der Waals surface area contributed by atoms with E-state index in [1.165, 1.54) is 38.4 Å². The molecule has 9 heteroatoms. The van der Waals surface area contributed by atoms with Gasteiger partial charge in [-0.15, -0.1) is 0 Å². The summed E-state index contributed by atoms with van der Waals surface area (Å²) < 4.78 is 16.1. The number of methoxy groups -OCH3 is 3. The summed E-state index contributed by atoms with van der Waals surface area (Å²) in [7, 11) is 4.45. The number of hydrogen-bond acceptors (Lipinski definition) is 7. The Bertz CT molecular complexity index is 1170. The molecule has 1 unspecified atom stereocenters. The lowest BCUT2D eigenvalue weighted by Gasteiger charge is -2.38. The molecule has 0 fully saturated rings. The molecule has 9 nitrogen and oxygen atoms in total. The third-order valence-corrected chi connectivity index (χ3v) is 6.10. The fraction of sp³-hybridized carbons (Fsp3) is 0.333. The second kappa shape index (κ2) is 8.93. The molecule has 33 heavy (non-hydrogen) atoms. The number of ether oxygens (including phenoxy) is 3. The van der Waals surface area contributed by atoms with Crippen molar-refractivity contribution >= 4 is 23.1 Å². The number of Topliss-reactive ketones (excluding diaryl/α,β-unsaturated/α-hetero) is 1. The van der Waals surface area contributed by atoms with Gasteiger partial charge in [0.1, 0.15) is 11.4 Å². The van der Waals surface area contributed by atoms with Crippen molar-refractivity contribution in [3.8, 4) is 17.2 Å². The first-order valence-corrected chi connectivity index (χ1v) is 10.5. The van der Waals surface area contributed by atoms with Gasteiger partial charge in [0.2, 0.25) is 5.91 Å². The SMILES string of the molecule is COc1ccc(N2C(=O)CC(c3cccc(OC)c3OC)C3=C2CCCC3=O)c([N+](=O)[O-])c1. The number of carbonyl (C=O) groups excluding carboxylic acids is 2. The summed E-state index contributed by atoms with van der Waals surface area (Å²) in [5, 5.41) is 11.8. The van der Waals surface area contributed by atoms with E-state index in [1.54, 1.807) is 18.2 Å². The van der Waals surface area contributed by atoms with Gasteiger partial charge in [-0.1, -0.05) is 12.1 Å². The molecule has 2 aromatic carbocycles. The summed E-state index contributed by atoms with van der Waals surface area (Å²) in [5.74, 6) is 0.348. The van der Waals surface area contributed by atoms with Gasteiger partial charge in [0, 0.05) is 35.6 Å². The molecular weight excluding hydrogens is 428 g/mol. The smallest absolute Gasteiger partial charge is 0.297 e. The predicted molar refractivity (Wildman–Crippen MR) is 120 cm³/mol. The first-order chi connectivity index (χ1) is 15.9. The molecule has 1 atom stereocenters. The van der Waals surface area contributed by atoms with E-state index in [0.29, 0.717) is 53.3 Å². The molecule has 0 aromatic heterocycles. The number of ketones is 1. The van der Waals surface area contributed by atoms with Gasteiger partial charge in [-0.25, -0.2) is 0 Å². The molecule has 2 aliphatic rings. The fourth-order valence-corrected chi connectivity index (χ4v) is 4.69. The van der Waals surface area contributed by atoms with E-state index in [1.807, 2.05) is 6.07 Å².